The fraction of sp³-hybridized carbons (Fsp3) is 0.333. The van der Waals surface area contributed by atoms with Gasteiger partial charge in [0.15, 0.2) is 0 Å². The summed E-state index contributed by atoms with van der Waals surface area (Å²) >= 11 is 0. The van der Waals surface area contributed by atoms with Gasteiger partial charge in [-0.3, -0.25) is 4.79 Å². The molecule has 0 saturated heterocycles. The maximum atomic E-state index is 12.3. The van der Waals surface area contributed by atoms with Crippen molar-refractivity contribution in [1.82, 2.24) is 4.98 Å². The van der Waals surface area contributed by atoms with Crippen LogP contribution >= 0.6 is 0 Å². The summed E-state index contributed by atoms with van der Waals surface area (Å²) in [4.78, 5) is 26.3. The first kappa shape index (κ1) is 16.8. The third-order valence-corrected chi connectivity index (χ3v) is 3.66. The molecule has 0 saturated carbocycles. The van der Waals surface area contributed by atoms with Gasteiger partial charge in [-0.2, -0.15) is 0 Å². The molecule has 23 heavy (non-hydrogen) atoms. The summed E-state index contributed by atoms with van der Waals surface area (Å²) in [5, 5.41) is 0. The number of hydrogen-bond donors (Lipinski definition) is 1. The van der Waals surface area contributed by atoms with Crippen LogP contribution in [0.25, 0.3) is 0 Å². The second-order valence-corrected chi connectivity index (χ2v) is 5.28. The quantitative estimate of drug-likeness (QED) is 0.830. The number of esters is 2. The van der Waals surface area contributed by atoms with Gasteiger partial charge in [-0.1, -0.05) is 37.3 Å². The smallest absolute Gasteiger partial charge is 0.355 e. The van der Waals surface area contributed by atoms with E-state index in [1.54, 1.807) is 0 Å². The molecule has 5 heteroatoms. The molecule has 0 unspecified atom stereocenters. The zero-order chi connectivity index (χ0) is 16.8. The minimum Gasteiger partial charge on any atom is -0.459 e. The molecule has 5 nitrogen and oxygen atoms in total. The summed E-state index contributed by atoms with van der Waals surface area (Å²) in [5.74, 6) is -0.761. The average molecular weight is 315 g/mol. The number of benzene rings is 1. The minimum atomic E-state index is -0.407. The Balaban J connectivity index is 2.11. The standard InChI is InChI=1S/C18H21NO4/c1-4-15-12(2)17(19-16(15)11-22-13(3)20)18(21)23-10-14-8-6-5-7-9-14/h5-9,19H,4,10-11H2,1-3H3. The van der Waals surface area contributed by atoms with E-state index in [0.29, 0.717) is 5.69 Å². The number of aromatic nitrogens is 1. The van der Waals surface area contributed by atoms with Crippen LogP contribution in [0.5, 0.6) is 0 Å². The Morgan fingerprint density at radius 1 is 1.09 bits per heavy atom. The third kappa shape index (κ3) is 4.22. The van der Waals surface area contributed by atoms with E-state index in [1.807, 2.05) is 44.2 Å². The first-order valence-electron chi connectivity index (χ1n) is 7.57. The Bertz CT molecular complexity index is 689. The molecular formula is C18H21NO4. The first-order chi connectivity index (χ1) is 11.0. The predicted molar refractivity (Wildman–Crippen MR) is 85.9 cm³/mol. The number of nitrogens with one attached hydrogen (secondary N) is 1. The van der Waals surface area contributed by atoms with Crippen molar-refractivity contribution < 1.29 is 19.1 Å². The first-order valence-corrected chi connectivity index (χ1v) is 7.57. The molecule has 0 aliphatic carbocycles. The highest BCUT2D eigenvalue weighted by molar-refractivity contribution is 5.89. The van der Waals surface area contributed by atoms with Crippen LogP contribution < -0.4 is 0 Å². The maximum Gasteiger partial charge on any atom is 0.355 e. The summed E-state index contributed by atoms with van der Waals surface area (Å²) < 4.78 is 10.4. The van der Waals surface area contributed by atoms with E-state index in [9.17, 15) is 9.59 Å². The van der Waals surface area contributed by atoms with Crippen molar-refractivity contribution in [3.63, 3.8) is 0 Å². The van der Waals surface area contributed by atoms with Gasteiger partial charge >= 0.3 is 11.9 Å². The lowest BCUT2D eigenvalue weighted by molar-refractivity contribution is -0.142. The average Bonchev–Trinajstić information content (AvgIpc) is 2.87. The molecular weight excluding hydrogens is 294 g/mol. The molecule has 122 valence electrons. The van der Waals surface area contributed by atoms with Gasteiger partial charge in [0.1, 0.15) is 18.9 Å². The second kappa shape index (κ2) is 7.63. The summed E-state index contributed by atoms with van der Waals surface area (Å²) in [6.07, 6.45) is 0.741. The molecule has 1 heterocycles. The lowest BCUT2D eigenvalue weighted by Gasteiger charge is -2.04. The van der Waals surface area contributed by atoms with Gasteiger partial charge in [-0.25, -0.2) is 4.79 Å². The van der Waals surface area contributed by atoms with Crippen LogP contribution in [0.15, 0.2) is 30.3 Å². The van der Waals surface area contributed by atoms with E-state index >= 15 is 0 Å². The van der Waals surface area contributed by atoms with Gasteiger partial charge in [0.2, 0.25) is 0 Å². The molecule has 0 aliphatic rings. The number of ether oxygens (including phenoxy) is 2. The molecule has 1 aromatic heterocycles. The zero-order valence-electron chi connectivity index (χ0n) is 13.6. The number of aromatic amines is 1. The topological polar surface area (TPSA) is 68.4 Å². The molecule has 0 bridgehead atoms. The van der Waals surface area contributed by atoms with E-state index in [0.717, 1.165) is 28.8 Å². The van der Waals surface area contributed by atoms with Crippen LogP contribution in [0.3, 0.4) is 0 Å². The Morgan fingerprint density at radius 2 is 1.78 bits per heavy atom. The van der Waals surface area contributed by atoms with Crippen molar-refractivity contribution in [2.45, 2.75) is 40.4 Å². The molecule has 2 aromatic rings. The Hall–Kier alpha value is -2.56. The molecule has 0 fully saturated rings. The van der Waals surface area contributed by atoms with Crippen LogP contribution in [0, 0.1) is 6.92 Å². The minimum absolute atomic E-state index is 0.130. The number of carbonyl (C=O) groups is 2. The third-order valence-electron chi connectivity index (χ3n) is 3.66. The number of rotatable bonds is 6. The maximum absolute atomic E-state index is 12.3. The molecule has 0 amide bonds. The highest BCUT2D eigenvalue weighted by atomic mass is 16.5. The van der Waals surface area contributed by atoms with E-state index in [1.165, 1.54) is 6.92 Å². The molecule has 1 aromatic carbocycles. The van der Waals surface area contributed by atoms with Crippen molar-refractivity contribution in [2.24, 2.45) is 0 Å². The summed E-state index contributed by atoms with van der Waals surface area (Å²) in [7, 11) is 0. The van der Waals surface area contributed by atoms with Crippen LogP contribution in [-0.4, -0.2) is 16.9 Å². The highest BCUT2D eigenvalue weighted by Crippen LogP contribution is 2.21. The molecule has 0 atom stereocenters. The van der Waals surface area contributed by atoms with Crippen LogP contribution in [0.2, 0.25) is 0 Å². The van der Waals surface area contributed by atoms with Crippen LogP contribution in [-0.2, 0) is 33.9 Å². The van der Waals surface area contributed by atoms with E-state index in [-0.39, 0.29) is 19.2 Å². The zero-order valence-corrected chi connectivity index (χ0v) is 13.6. The van der Waals surface area contributed by atoms with E-state index in [4.69, 9.17) is 9.47 Å². The number of carbonyl (C=O) groups excluding carboxylic acids is 2. The number of H-pyrrole nitrogens is 1. The highest BCUT2D eigenvalue weighted by Gasteiger charge is 2.20. The second-order valence-electron chi connectivity index (χ2n) is 5.28. The van der Waals surface area contributed by atoms with Crippen molar-refractivity contribution >= 4 is 11.9 Å². The number of hydrogen-bond acceptors (Lipinski definition) is 4. The monoisotopic (exact) mass is 315 g/mol. The van der Waals surface area contributed by atoms with Crippen molar-refractivity contribution in [3.05, 3.63) is 58.4 Å². The SMILES string of the molecule is CCc1c(COC(C)=O)[nH]c(C(=O)OCc2ccccc2)c1C. The van der Waals surface area contributed by atoms with Crippen LogP contribution in [0.1, 0.15) is 46.7 Å². The molecule has 2 rings (SSSR count). The van der Waals surface area contributed by atoms with Gasteiger partial charge < -0.3 is 14.5 Å². The van der Waals surface area contributed by atoms with Crippen molar-refractivity contribution in [2.75, 3.05) is 0 Å². The fourth-order valence-electron chi connectivity index (χ4n) is 2.47. The molecule has 1 N–H and O–H groups in total. The summed E-state index contributed by atoms with van der Waals surface area (Å²) in [6.45, 7) is 5.57. The van der Waals surface area contributed by atoms with Gasteiger partial charge in [0, 0.05) is 6.92 Å². The van der Waals surface area contributed by atoms with Gasteiger partial charge in [-0.15, -0.1) is 0 Å². The van der Waals surface area contributed by atoms with Crippen molar-refractivity contribution in [3.8, 4) is 0 Å². The molecule has 0 spiro atoms. The summed E-state index contributed by atoms with van der Waals surface area (Å²) in [5.41, 5.74) is 3.92. The molecule has 0 aliphatic heterocycles. The Morgan fingerprint density at radius 3 is 2.39 bits per heavy atom. The summed E-state index contributed by atoms with van der Waals surface area (Å²) in [6, 6.07) is 9.51. The van der Waals surface area contributed by atoms with Gasteiger partial charge in [0.25, 0.3) is 0 Å². The lowest BCUT2D eigenvalue weighted by atomic mass is 10.1. The van der Waals surface area contributed by atoms with Crippen LogP contribution in [0.4, 0.5) is 0 Å². The van der Waals surface area contributed by atoms with Gasteiger partial charge in [-0.05, 0) is 30.0 Å². The largest absolute Gasteiger partial charge is 0.459 e. The van der Waals surface area contributed by atoms with E-state index in [2.05, 4.69) is 4.98 Å². The van der Waals surface area contributed by atoms with Crippen molar-refractivity contribution in [1.29, 1.82) is 0 Å². The van der Waals surface area contributed by atoms with Gasteiger partial charge in [0.05, 0.1) is 5.69 Å². The Labute approximate surface area is 135 Å². The van der Waals surface area contributed by atoms with E-state index < -0.39 is 5.97 Å². The Kier molecular flexibility index (Phi) is 5.57. The molecule has 0 radical (unpaired) electrons. The predicted octanol–water partition coefficient (Wildman–Crippen LogP) is 3.31. The normalized spacial score (nSPS) is 10.4. The fourth-order valence-corrected chi connectivity index (χ4v) is 2.47. The lowest BCUT2D eigenvalue weighted by Crippen LogP contribution is -2.07.